The molecule has 11 heteroatoms. The number of ether oxygens (including phenoxy) is 1. The molecule has 0 saturated heterocycles. The molecule has 184 valence electrons. The number of methoxy groups -OCH3 is 1. The third-order valence-corrected chi connectivity index (χ3v) is 5.15. The number of nitrogens with zero attached hydrogens (tertiary/aromatic N) is 3. The predicted octanol–water partition coefficient (Wildman–Crippen LogP) is 1.86. The highest BCUT2D eigenvalue weighted by Crippen LogP contribution is 2.11. The average molecular weight is 481 g/mol. The molecule has 0 aliphatic heterocycles. The van der Waals surface area contributed by atoms with E-state index in [0.717, 1.165) is 11.0 Å². The van der Waals surface area contributed by atoms with E-state index in [-0.39, 0.29) is 24.6 Å². The second-order valence-electron chi connectivity index (χ2n) is 7.95. The first-order valence-electron chi connectivity index (χ1n) is 10.9. The molecule has 0 spiro atoms. The number of para-hydroxylation sites is 2. The van der Waals surface area contributed by atoms with Gasteiger partial charge in [0.15, 0.2) is 0 Å². The van der Waals surface area contributed by atoms with Crippen LogP contribution in [0.4, 0.5) is 10.5 Å². The van der Waals surface area contributed by atoms with Crippen LogP contribution in [0.25, 0.3) is 11.0 Å². The lowest BCUT2D eigenvalue weighted by molar-refractivity contribution is -0.123. The fraction of sp³-hybridized carbons (Fsp3) is 0.292. The Hall–Kier alpha value is -4.41. The number of H-pyrrole nitrogens is 1. The molecule has 2 aromatic heterocycles. The minimum atomic E-state index is -0.981. The lowest BCUT2D eigenvalue weighted by atomic mass is 10.1. The van der Waals surface area contributed by atoms with Gasteiger partial charge in [0.1, 0.15) is 17.6 Å². The monoisotopic (exact) mass is 480 g/mol. The van der Waals surface area contributed by atoms with Crippen LogP contribution in [0.3, 0.4) is 0 Å². The Bertz CT molecular complexity index is 1260. The van der Waals surface area contributed by atoms with Crippen molar-refractivity contribution in [1.29, 1.82) is 0 Å². The molecular formula is C24H28N6O5. The maximum absolute atomic E-state index is 13.0. The Balaban J connectivity index is 1.71. The Morgan fingerprint density at radius 2 is 1.97 bits per heavy atom. The molecule has 3 rings (SSSR count). The standard InChI is InChI=1S/C24H28N6O5/c1-29(2)21(31)13-7-6-11-18(28-24(34)35-3)22(32)27-19-12-8-14-30(23(19)33)15-20-25-16-9-4-5-10-17(16)26-20/h4-5,7-10,12-14,18H,6,11,15H2,1-3H3,(H,25,26)(H,27,32)(H,28,34)/b13-7+. The van der Waals surface area contributed by atoms with E-state index in [2.05, 4.69) is 25.3 Å². The molecule has 0 aliphatic rings. The van der Waals surface area contributed by atoms with Crippen LogP contribution in [0.2, 0.25) is 0 Å². The highest BCUT2D eigenvalue weighted by molar-refractivity contribution is 5.96. The topological polar surface area (TPSA) is 138 Å². The third-order valence-electron chi connectivity index (χ3n) is 5.15. The molecule has 35 heavy (non-hydrogen) atoms. The Morgan fingerprint density at radius 1 is 1.20 bits per heavy atom. The molecule has 1 unspecified atom stereocenters. The summed E-state index contributed by atoms with van der Waals surface area (Å²) in [6.07, 6.45) is 4.35. The van der Waals surface area contributed by atoms with Gasteiger partial charge in [-0.1, -0.05) is 18.2 Å². The molecule has 3 N–H and O–H groups in total. The van der Waals surface area contributed by atoms with Crippen LogP contribution >= 0.6 is 0 Å². The summed E-state index contributed by atoms with van der Waals surface area (Å²) >= 11 is 0. The SMILES string of the molecule is COC(=O)NC(CC/C=C/C(=O)N(C)C)C(=O)Nc1cccn(Cc2nc3ccccc3[nH]2)c1=O. The summed E-state index contributed by atoms with van der Waals surface area (Å²) in [7, 11) is 4.44. The van der Waals surface area contributed by atoms with Crippen LogP contribution in [0.1, 0.15) is 18.7 Å². The number of anilines is 1. The lowest BCUT2D eigenvalue weighted by Gasteiger charge is -2.17. The van der Waals surface area contributed by atoms with Gasteiger partial charge in [0, 0.05) is 20.3 Å². The molecule has 0 aliphatic carbocycles. The number of hydrogen-bond donors (Lipinski definition) is 3. The zero-order chi connectivity index (χ0) is 25.4. The number of likely N-dealkylation sites (N-methyl/N-ethyl adjacent to an activating group) is 1. The van der Waals surface area contributed by atoms with Gasteiger partial charge in [-0.25, -0.2) is 9.78 Å². The first kappa shape index (κ1) is 25.2. The van der Waals surface area contributed by atoms with Crippen LogP contribution in [0, 0.1) is 0 Å². The third kappa shape index (κ3) is 6.79. The molecule has 11 nitrogen and oxygen atoms in total. The minimum Gasteiger partial charge on any atom is -0.453 e. The second-order valence-corrected chi connectivity index (χ2v) is 7.95. The van der Waals surface area contributed by atoms with E-state index >= 15 is 0 Å². The van der Waals surface area contributed by atoms with Gasteiger partial charge in [0.25, 0.3) is 5.56 Å². The summed E-state index contributed by atoms with van der Waals surface area (Å²) in [4.78, 5) is 58.3. The van der Waals surface area contributed by atoms with Crippen molar-refractivity contribution in [1.82, 2.24) is 24.8 Å². The molecule has 0 fully saturated rings. The van der Waals surface area contributed by atoms with E-state index < -0.39 is 23.6 Å². The predicted molar refractivity (Wildman–Crippen MR) is 131 cm³/mol. The number of hydrogen-bond acceptors (Lipinski definition) is 6. The van der Waals surface area contributed by atoms with E-state index in [9.17, 15) is 19.2 Å². The van der Waals surface area contributed by atoms with Crippen molar-refractivity contribution in [3.05, 3.63) is 70.9 Å². The summed E-state index contributed by atoms with van der Waals surface area (Å²) in [6, 6.07) is 9.67. The summed E-state index contributed by atoms with van der Waals surface area (Å²) in [5, 5.41) is 5.05. The normalized spacial score (nSPS) is 11.9. The van der Waals surface area contributed by atoms with Gasteiger partial charge in [0.05, 0.1) is 24.7 Å². The fourth-order valence-corrected chi connectivity index (χ4v) is 3.28. The number of pyridine rings is 1. The largest absolute Gasteiger partial charge is 0.453 e. The Kier molecular flexibility index (Phi) is 8.38. The van der Waals surface area contributed by atoms with Crippen LogP contribution < -0.4 is 16.2 Å². The Labute approximate surface area is 201 Å². The highest BCUT2D eigenvalue weighted by atomic mass is 16.5. The van der Waals surface area contributed by atoms with Crippen molar-refractivity contribution in [3.63, 3.8) is 0 Å². The van der Waals surface area contributed by atoms with Gasteiger partial charge in [0.2, 0.25) is 11.8 Å². The van der Waals surface area contributed by atoms with Crippen LogP contribution in [0.5, 0.6) is 0 Å². The number of aromatic amines is 1. The van der Waals surface area contributed by atoms with Gasteiger partial charge in [-0.15, -0.1) is 0 Å². The van der Waals surface area contributed by atoms with Crippen molar-refractivity contribution in [2.24, 2.45) is 0 Å². The molecule has 0 saturated carbocycles. The number of amides is 3. The minimum absolute atomic E-state index is 0.0589. The highest BCUT2D eigenvalue weighted by Gasteiger charge is 2.22. The van der Waals surface area contributed by atoms with E-state index in [1.165, 1.54) is 28.7 Å². The molecule has 3 amide bonds. The first-order valence-corrected chi connectivity index (χ1v) is 10.9. The number of aromatic nitrogens is 3. The number of imidazole rings is 1. The quantitative estimate of drug-likeness (QED) is 0.400. The number of rotatable bonds is 9. The first-order chi connectivity index (χ1) is 16.8. The fourth-order valence-electron chi connectivity index (χ4n) is 3.28. The average Bonchev–Trinajstić information content (AvgIpc) is 3.25. The van der Waals surface area contributed by atoms with E-state index in [1.807, 2.05) is 24.3 Å². The number of alkyl carbamates (subject to hydrolysis) is 1. The lowest BCUT2D eigenvalue weighted by Crippen LogP contribution is -2.44. The molecule has 1 aromatic carbocycles. The van der Waals surface area contributed by atoms with Crippen LogP contribution in [-0.4, -0.2) is 64.6 Å². The molecule has 2 heterocycles. The summed E-state index contributed by atoms with van der Waals surface area (Å²) in [5.74, 6) is -0.177. The van der Waals surface area contributed by atoms with E-state index in [1.54, 1.807) is 32.4 Å². The smallest absolute Gasteiger partial charge is 0.407 e. The number of fused-ring (bicyclic) bond motifs is 1. The maximum atomic E-state index is 13.0. The summed E-state index contributed by atoms with van der Waals surface area (Å²) < 4.78 is 6.03. The van der Waals surface area contributed by atoms with E-state index in [0.29, 0.717) is 12.2 Å². The van der Waals surface area contributed by atoms with E-state index in [4.69, 9.17) is 0 Å². The van der Waals surface area contributed by atoms with Crippen molar-refractivity contribution in [2.75, 3.05) is 26.5 Å². The number of carbonyl (C=O) groups excluding carboxylic acids is 3. The van der Waals surface area contributed by atoms with Gasteiger partial charge in [-0.3, -0.25) is 14.4 Å². The number of allylic oxidation sites excluding steroid dienone is 1. The number of carbonyl (C=O) groups is 3. The van der Waals surface area contributed by atoms with Gasteiger partial charge in [-0.2, -0.15) is 0 Å². The molecule has 0 bridgehead atoms. The van der Waals surface area contributed by atoms with Crippen LogP contribution in [-0.2, 0) is 20.9 Å². The van der Waals surface area contributed by atoms with Gasteiger partial charge in [-0.05, 0) is 43.2 Å². The molecule has 3 aromatic rings. The van der Waals surface area contributed by atoms with Crippen molar-refractivity contribution in [2.45, 2.75) is 25.4 Å². The van der Waals surface area contributed by atoms with Crippen LogP contribution in [0.15, 0.2) is 59.5 Å². The van der Waals surface area contributed by atoms with Crippen molar-refractivity contribution in [3.8, 4) is 0 Å². The molecular weight excluding hydrogens is 452 g/mol. The number of benzene rings is 1. The summed E-state index contributed by atoms with van der Waals surface area (Å²) in [5.41, 5.74) is 1.29. The summed E-state index contributed by atoms with van der Waals surface area (Å²) in [6.45, 7) is 0.186. The second kappa shape index (κ2) is 11.6. The van der Waals surface area contributed by atoms with Gasteiger partial charge < -0.3 is 29.8 Å². The zero-order valence-electron chi connectivity index (χ0n) is 19.8. The molecule has 1 atom stereocenters. The maximum Gasteiger partial charge on any atom is 0.407 e. The molecule has 0 radical (unpaired) electrons. The van der Waals surface area contributed by atoms with Gasteiger partial charge >= 0.3 is 6.09 Å². The Morgan fingerprint density at radius 3 is 2.69 bits per heavy atom. The zero-order valence-corrected chi connectivity index (χ0v) is 19.8. The number of nitrogens with one attached hydrogen (secondary N) is 3. The van der Waals surface area contributed by atoms with Crippen molar-refractivity contribution >= 4 is 34.6 Å². The van der Waals surface area contributed by atoms with Crippen molar-refractivity contribution < 1.29 is 19.1 Å².